The molecule has 1 rings (SSSR count). The summed E-state index contributed by atoms with van der Waals surface area (Å²) in [5.41, 5.74) is 2.53. The van der Waals surface area contributed by atoms with Gasteiger partial charge in [0.05, 0.1) is 12.0 Å². The highest BCUT2D eigenvalue weighted by Gasteiger charge is 2.15. The molecule has 0 spiro atoms. The van der Waals surface area contributed by atoms with Crippen molar-refractivity contribution in [3.8, 4) is 6.07 Å². The molecule has 0 aromatic carbocycles. The van der Waals surface area contributed by atoms with Crippen molar-refractivity contribution < 1.29 is 9.90 Å². The Morgan fingerprint density at radius 3 is 2.62 bits per heavy atom. The Hall–Kier alpha value is -1.54. The van der Waals surface area contributed by atoms with E-state index in [2.05, 4.69) is 11.1 Å². The van der Waals surface area contributed by atoms with E-state index in [9.17, 15) is 4.79 Å². The molecular formula is C11H12N2O2S. The first-order valence-corrected chi connectivity index (χ1v) is 5.89. The van der Waals surface area contributed by atoms with E-state index in [1.54, 1.807) is 13.8 Å². The van der Waals surface area contributed by atoms with Gasteiger partial charge in [-0.05, 0) is 31.2 Å². The molecule has 0 atom stereocenters. The molecule has 0 saturated carbocycles. The fourth-order valence-electron chi connectivity index (χ4n) is 1.55. The van der Waals surface area contributed by atoms with Crippen LogP contribution in [0.3, 0.4) is 0 Å². The minimum atomic E-state index is -0.909. The van der Waals surface area contributed by atoms with Crippen LogP contribution < -0.4 is 0 Å². The molecule has 0 bridgehead atoms. The van der Waals surface area contributed by atoms with Crippen molar-refractivity contribution in [3.05, 3.63) is 22.4 Å². The van der Waals surface area contributed by atoms with Gasteiger partial charge in [0.25, 0.3) is 0 Å². The molecule has 0 aliphatic heterocycles. The number of carbonyl (C=O) groups is 1. The predicted octanol–water partition coefficient (Wildman–Crippen LogP) is 1.92. The van der Waals surface area contributed by atoms with Gasteiger partial charge in [0, 0.05) is 5.69 Å². The zero-order valence-electron chi connectivity index (χ0n) is 9.37. The maximum atomic E-state index is 10.7. The molecule has 84 valence electrons. The van der Waals surface area contributed by atoms with Gasteiger partial charge < -0.3 is 5.11 Å². The number of aryl methyl sites for hydroxylation is 1. The summed E-state index contributed by atoms with van der Waals surface area (Å²) in [5, 5.41) is 18.5. The van der Waals surface area contributed by atoms with Crippen LogP contribution in [0.4, 0.5) is 0 Å². The molecule has 0 aliphatic rings. The van der Waals surface area contributed by atoms with Crippen molar-refractivity contribution in [2.24, 2.45) is 0 Å². The fourth-order valence-corrected chi connectivity index (χ4v) is 2.18. The van der Waals surface area contributed by atoms with Gasteiger partial charge in [-0.15, -0.1) is 11.8 Å². The van der Waals surface area contributed by atoms with Crippen molar-refractivity contribution in [2.75, 3.05) is 6.26 Å². The summed E-state index contributed by atoms with van der Waals surface area (Å²) < 4.78 is 0. The van der Waals surface area contributed by atoms with E-state index in [1.165, 1.54) is 11.8 Å². The molecule has 1 aromatic heterocycles. The molecule has 1 heterocycles. The second-order valence-electron chi connectivity index (χ2n) is 3.37. The lowest BCUT2D eigenvalue weighted by Crippen LogP contribution is -2.08. The number of hydrogen-bond donors (Lipinski definition) is 1. The quantitative estimate of drug-likeness (QED) is 0.811. The fraction of sp³-hybridized carbons (Fsp3) is 0.364. The number of nitriles is 1. The van der Waals surface area contributed by atoms with Gasteiger partial charge >= 0.3 is 5.97 Å². The number of aromatic nitrogens is 1. The average molecular weight is 236 g/mol. The Bertz CT molecular complexity index is 478. The second kappa shape index (κ2) is 4.99. The van der Waals surface area contributed by atoms with E-state index < -0.39 is 5.97 Å². The first-order valence-electron chi connectivity index (χ1n) is 4.67. The van der Waals surface area contributed by atoms with Crippen LogP contribution in [0.15, 0.2) is 5.03 Å². The van der Waals surface area contributed by atoms with Gasteiger partial charge in [-0.25, -0.2) is 4.98 Å². The summed E-state index contributed by atoms with van der Waals surface area (Å²) >= 11 is 1.39. The molecular weight excluding hydrogens is 224 g/mol. The molecule has 0 radical (unpaired) electrons. The third-order valence-electron chi connectivity index (χ3n) is 2.38. The van der Waals surface area contributed by atoms with E-state index in [0.717, 1.165) is 5.56 Å². The highest BCUT2D eigenvalue weighted by Crippen LogP contribution is 2.25. The minimum Gasteiger partial charge on any atom is -0.481 e. The van der Waals surface area contributed by atoms with Gasteiger partial charge in [0.2, 0.25) is 0 Å². The smallest absolute Gasteiger partial charge is 0.307 e. The monoisotopic (exact) mass is 236 g/mol. The standard InChI is InChI=1S/C11H12N2O2S/c1-6-8(4-10(14)15)7(2)13-11(16-3)9(6)5-12/h4H2,1-3H3,(H,14,15). The largest absolute Gasteiger partial charge is 0.481 e. The SMILES string of the molecule is CSc1nc(C)c(CC(=O)O)c(C)c1C#N. The van der Waals surface area contributed by atoms with Crippen molar-refractivity contribution in [2.45, 2.75) is 25.3 Å². The van der Waals surface area contributed by atoms with Crippen molar-refractivity contribution in [1.82, 2.24) is 4.98 Å². The molecule has 4 nitrogen and oxygen atoms in total. The van der Waals surface area contributed by atoms with Crippen LogP contribution in [-0.4, -0.2) is 22.3 Å². The van der Waals surface area contributed by atoms with Gasteiger partial charge in [-0.1, -0.05) is 0 Å². The number of thioether (sulfide) groups is 1. The number of aliphatic carboxylic acids is 1. The summed E-state index contributed by atoms with van der Waals surface area (Å²) in [4.78, 5) is 15.0. The third kappa shape index (κ3) is 2.34. The summed E-state index contributed by atoms with van der Waals surface area (Å²) in [6, 6.07) is 2.08. The van der Waals surface area contributed by atoms with Crippen LogP contribution in [0.1, 0.15) is 22.4 Å². The number of hydrogen-bond acceptors (Lipinski definition) is 4. The van der Waals surface area contributed by atoms with Gasteiger partial charge in [-0.3, -0.25) is 4.79 Å². The Morgan fingerprint density at radius 2 is 2.19 bits per heavy atom. The highest BCUT2D eigenvalue weighted by molar-refractivity contribution is 7.98. The Balaban J connectivity index is 3.42. The number of carboxylic acids is 1. The molecule has 1 aromatic rings. The molecule has 0 unspecified atom stereocenters. The first-order chi connectivity index (χ1) is 7.51. The molecule has 1 N–H and O–H groups in total. The summed E-state index contributed by atoms with van der Waals surface area (Å²) in [6.07, 6.45) is 1.76. The van der Waals surface area contributed by atoms with Gasteiger partial charge in [0.15, 0.2) is 0 Å². The van der Waals surface area contributed by atoms with E-state index >= 15 is 0 Å². The van der Waals surface area contributed by atoms with E-state index in [0.29, 0.717) is 21.8 Å². The lowest BCUT2D eigenvalue weighted by Gasteiger charge is -2.11. The van der Waals surface area contributed by atoms with Crippen LogP contribution in [0.5, 0.6) is 0 Å². The third-order valence-corrected chi connectivity index (χ3v) is 3.06. The molecule has 0 aliphatic carbocycles. The topological polar surface area (TPSA) is 74.0 Å². The lowest BCUT2D eigenvalue weighted by molar-refractivity contribution is -0.136. The highest BCUT2D eigenvalue weighted by atomic mass is 32.2. The average Bonchev–Trinajstić information content (AvgIpc) is 2.23. The van der Waals surface area contributed by atoms with Crippen LogP contribution in [0.25, 0.3) is 0 Å². The number of rotatable bonds is 3. The van der Waals surface area contributed by atoms with E-state index in [4.69, 9.17) is 10.4 Å². The van der Waals surface area contributed by atoms with Gasteiger partial charge in [-0.2, -0.15) is 5.26 Å². The van der Waals surface area contributed by atoms with Crippen molar-refractivity contribution in [1.29, 1.82) is 5.26 Å². The van der Waals surface area contributed by atoms with Crippen LogP contribution >= 0.6 is 11.8 Å². The zero-order valence-corrected chi connectivity index (χ0v) is 10.2. The molecule has 0 fully saturated rings. The zero-order chi connectivity index (χ0) is 12.3. The predicted molar refractivity (Wildman–Crippen MR) is 61.5 cm³/mol. The van der Waals surface area contributed by atoms with Crippen LogP contribution in [-0.2, 0) is 11.2 Å². The van der Waals surface area contributed by atoms with E-state index in [-0.39, 0.29) is 6.42 Å². The summed E-state index contributed by atoms with van der Waals surface area (Å²) in [7, 11) is 0. The van der Waals surface area contributed by atoms with Crippen molar-refractivity contribution in [3.63, 3.8) is 0 Å². The normalized spacial score (nSPS) is 9.88. The Kier molecular flexibility index (Phi) is 3.91. The van der Waals surface area contributed by atoms with Crippen LogP contribution in [0.2, 0.25) is 0 Å². The van der Waals surface area contributed by atoms with Crippen LogP contribution in [0, 0.1) is 25.2 Å². The minimum absolute atomic E-state index is 0.0893. The molecule has 5 heteroatoms. The number of carboxylic acid groups (broad SMARTS) is 1. The molecule has 0 saturated heterocycles. The summed E-state index contributed by atoms with van der Waals surface area (Å²) in [5.74, 6) is -0.909. The lowest BCUT2D eigenvalue weighted by atomic mass is 10.0. The summed E-state index contributed by atoms with van der Waals surface area (Å²) in [6.45, 7) is 3.54. The molecule has 0 amide bonds. The Labute approximate surface area is 98.3 Å². The molecule has 16 heavy (non-hydrogen) atoms. The maximum absolute atomic E-state index is 10.7. The van der Waals surface area contributed by atoms with E-state index in [1.807, 2.05) is 6.26 Å². The van der Waals surface area contributed by atoms with Crippen molar-refractivity contribution >= 4 is 17.7 Å². The maximum Gasteiger partial charge on any atom is 0.307 e. The first kappa shape index (κ1) is 12.5. The van der Waals surface area contributed by atoms with Gasteiger partial charge in [0.1, 0.15) is 11.1 Å². The Morgan fingerprint density at radius 1 is 1.56 bits per heavy atom. The second-order valence-corrected chi connectivity index (χ2v) is 4.16. The number of pyridine rings is 1. The number of nitrogens with zero attached hydrogens (tertiary/aromatic N) is 2.